The SMILES string of the molecule is CC[C@H](C(=O)NC)N(Cc1ccc(F)cc1)C(=O)CSCc1cccc(C)c1. The van der Waals surface area contributed by atoms with E-state index in [4.69, 9.17) is 0 Å². The number of likely N-dealkylation sites (N-methyl/N-ethyl adjacent to an activating group) is 1. The number of hydrogen-bond donors (Lipinski definition) is 1. The zero-order valence-electron chi connectivity index (χ0n) is 16.6. The van der Waals surface area contributed by atoms with Crippen molar-refractivity contribution in [3.63, 3.8) is 0 Å². The van der Waals surface area contributed by atoms with Gasteiger partial charge in [0.15, 0.2) is 0 Å². The topological polar surface area (TPSA) is 49.4 Å². The van der Waals surface area contributed by atoms with E-state index in [1.807, 2.05) is 32.0 Å². The summed E-state index contributed by atoms with van der Waals surface area (Å²) in [6.07, 6.45) is 0.509. The van der Waals surface area contributed by atoms with Crippen molar-refractivity contribution < 1.29 is 14.0 Å². The summed E-state index contributed by atoms with van der Waals surface area (Å²) in [6, 6.07) is 13.7. The lowest BCUT2D eigenvalue weighted by molar-refractivity contribution is -0.139. The summed E-state index contributed by atoms with van der Waals surface area (Å²) in [6.45, 7) is 4.19. The molecule has 0 aromatic heterocycles. The normalized spacial score (nSPS) is 11.7. The number of halogens is 1. The van der Waals surface area contributed by atoms with Crippen LogP contribution >= 0.6 is 11.8 Å². The van der Waals surface area contributed by atoms with E-state index in [-0.39, 0.29) is 29.9 Å². The van der Waals surface area contributed by atoms with Crippen molar-refractivity contribution in [2.45, 2.75) is 38.6 Å². The van der Waals surface area contributed by atoms with Crippen molar-refractivity contribution in [3.05, 3.63) is 71.0 Å². The van der Waals surface area contributed by atoms with Gasteiger partial charge in [-0.3, -0.25) is 9.59 Å². The second-order valence-corrected chi connectivity index (χ2v) is 7.65. The molecule has 0 radical (unpaired) electrons. The molecule has 0 fully saturated rings. The molecule has 0 spiro atoms. The van der Waals surface area contributed by atoms with Crippen molar-refractivity contribution in [1.82, 2.24) is 10.2 Å². The fourth-order valence-corrected chi connectivity index (χ4v) is 3.87. The first-order chi connectivity index (χ1) is 13.4. The Morgan fingerprint density at radius 3 is 2.46 bits per heavy atom. The maximum absolute atomic E-state index is 13.2. The van der Waals surface area contributed by atoms with Crippen LogP contribution in [0.2, 0.25) is 0 Å². The summed E-state index contributed by atoms with van der Waals surface area (Å²) in [5.74, 6) is 0.393. The Morgan fingerprint density at radius 1 is 1.14 bits per heavy atom. The van der Waals surface area contributed by atoms with E-state index in [0.717, 1.165) is 11.3 Å². The van der Waals surface area contributed by atoms with Crippen LogP contribution in [0.1, 0.15) is 30.0 Å². The minimum absolute atomic E-state index is 0.0996. The van der Waals surface area contributed by atoms with E-state index < -0.39 is 6.04 Å². The number of nitrogens with zero attached hydrogens (tertiary/aromatic N) is 1. The number of aryl methyl sites for hydroxylation is 1. The Hall–Kier alpha value is -2.34. The van der Waals surface area contributed by atoms with Crippen LogP contribution in [-0.2, 0) is 21.9 Å². The summed E-state index contributed by atoms with van der Waals surface area (Å²) < 4.78 is 13.2. The average molecular weight is 403 g/mol. The molecule has 2 aromatic rings. The molecule has 0 aliphatic rings. The number of amides is 2. The number of rotatable bonds is 9. The van der Waals surface area contributed by atoms with E-state index >= 15 is 0 Å². The predicted octanol–water partition coefficient (Wildman–Crippen LogP) is 3.92. The maximum atomic E-state index is 13.2. The van der Waals surface area contributed by atoms with Gasteiger partial charge >= 0.3 is 0 Å². The molecule has 0 bridgehead atoms. The Labute approximate surface area is 170 Å². The molecule has 4 nitrogen and oxygen atoms in total. The number of benzene rings is 2. The highest BCUT2D eigenvalue weighted by molar-refractivity contribution is 7.99. The van der Waals surface area contributed by atoms with Crippen LogP contribution in [0.4, 0.5) is 4.39 Å². The fourth-order valence-electron chi connectivity index (χ4n) is 3.01. The van der Waals surface area contributed by atoms with Crippen molar-refractivity contribution >= 4 is 23.6 Å². The second-order valence-electron chi connectivity index (χ2n) is 6.67. The summed E-state index contributed by atoms with van der Waals surface area (Å²) in [4.78, 5) is 26.8. The van der Waals surface area contributed by atoms with E-state index in [2.05, 4.69) is 11.4 Å². The third kappa shape index (κ3) is 6.37. The van der Waals surface area contributed by atoms with Crippen molar-refractivity contribution in [2.24, 2.45) is 0 Å². The van der Waals surface area contributed by atoms with Gasteiger partial charge in [-0.15, -0.1) is 11.8 Å². The molecule has 150 valence electrons. The van der Waals surface area contributed by atoms with Crippen molar-refractivity contribution in [1.29, 1.82) is 0 Å². The average Bonchev–Trinajstić information content (AvgIpc) is 2.69. The van der Waals surface area contributed by atoms with Crippen LogP contribution in [-0.4, -0.2) is 35.6 Å². The summed E-state index contributed by atoms with van der Waals surface area (Å²) >= 11 is 1.53. The van der Waals surface area contributed by atoms with Crippen LogP contribution < -0.4 is 5.32 Å². The minimum Gasteiger partial charge on any atom is -0.357 e. The molecule has 0 unspecified atom stereocenters. The van der Waals surface area contributed by atoms with E-state index in [1.54, 1.807) is 24.1 Å². The summed E-state index contributed by atoms with van der Waals surface area (Å²) in [7, 11) is 1.57. The number of hydrogen-bond acceptors (Lipinski definition) is 3. The smallest absolute Gasteiger partial charge is 0.242 e. The molecule has 1 atom stereocenters. The zero-order chi connectivity index (χ0) is 20.5. The second kappa shape index (κ2) is 10.9. The molecule has 0 aliphatic heterocycles. The largest absolute Gasteiger partial charge is 0.357 e. The van der Waals surface area contributed by atoms with Gasteiger partial charge in [0.1, 0.15) is 11.9 Å². The minimum atomic E-state index is -0.554. The van der Waals surface area contributed by atoms with Gasteiger partial charge < -0.3 is 10.2 Å². The number of thioether (sulfide) groups is 1. The molecule has 0 heterocycles. The van der Waals surface area contributed by atoms with Gasteiger partial charge in [0.2, 0.25) is 11.8 Å². The standard InChI is InChI=1S/C22H27FN2O2S/c1-4-20(22(27)24-3)25(13-17-8-10-19(23)11-9-17)21(26)15-28-14-18-7-5-6-16(2)12-18/h5-12,20H,4,13-15H2,1-3H3,(H,24,27)/t20-/m1/s1. The zero-order valence-corrected chi connectivity index (χ0v) is 17.4. The Bertz CT molecular complexity index is 795. The van der Waals surface area contributed by atoms with E-state index in [9.17, 15) is 14.0 Å². The molecule has 2 rings (SSSR count). The van der Waals surface area contributed by atoms with E-state index in [0.29, 0.717) is 6.42 Å². The third-order valence-corrected chi connectivity index (χ3v) is 5.46. The van der Waals surface area contributed by atoms with Crippen LogP contribution in [0, 0.1) is 12.7 Å². The highest BCUT2D eigenvalue weighted by Gasteiger charge is 2.27. The molecule has 0 saturated carbocycles. The highest BCUT2D eigenvalue weighted by atomic mass is 32.2. The lowest BCUT2D eigenvalue weighted by atomic mass is 10.1. The van der Waals surface area contributed by atoms with Gasteiger partial charge in [-0.25, -0.2) is 4.39 Å². The number of nitrogens with one attached hydrogen (secondary N) is 1. The Balaban J connectivity index is 2.08. The predicted molar refractivity (Wildman–Crippen MR) is 112 cm³/mol. The van der Waals surface area contributed by atoms with E-state index in [1.165, 1.54) is 35.0 Å². The Morgan fingerprint density at radius 2 is 1.86 bits per heavy atom. The van der Waals surface area contributed by atoms with Gasteiger partial charge in [-0.1, -0.05) is 48.9 Å². The molecule has 6 heteroatoms. The fraction of sp³-hybridized carbons (Fsp3) is 0.364. The monoisotopic (exact) mass is 402 g/mol. The van der Waals surface area contributed by atoms with Gasteiger partial charge in [0.05, 0.1) is 5.75 Å². The van der Waals surface area contributed by atoms with Crippen LogP contribution in [0.25, 0.3) is 0 Å². The summed E-state index contributed by atoms with van der Waals surface area (Å²) in [5, 5.41) is 2.63. The van der Waals surface area contributed by atoms with Gasteiger partial charge in [-0.2, -0.15) is 0 Å². The first-order valence-electron chi connectivity index (χ1n) is 9.33. The van der Waals surface area contributed by atoms with Gasteiger partial charge in [0.25, 0.3) is 0 Å². The molecule has 0 aliphatic carbocycles. The summed E-state index contributed by atoms with van der Waals surface area (Å²) in [5.41, 5.74) is 3.15. The first kappa shape index (κ1) is 22.0. The Kier molecular flexibility index (Phi) is 8.51. The van der Waals surface area contributed by atoms with Crippen LogP contribution in [0.15, 0.2) is 48.5 Å². The van der Waals surface area contributed by atoms with Crippen molar-refractivity contribution in [3.8, 4) is 0 Å². The quantitative estimate of drug-likeness (QED) is 0.692. The third-order valence-electron chi connectivity index (χ3n) is 4.48. The lowest BCUT2D eigenvalue weighted by Crippen LogP contribution is -2.48. The first-order valence-corrected chi connectivity index (χ1v) is 10.5. The number of carbonyl (C=O) groups is 2. The molecule has 1 N–H and O–H groups in total. The van der Waals surface area contributed by atoms with Gasteiger partial charge in [0, 0.05) is 19.3 Å². The molecular formula is C22H27FN2O2S. The molecule has 0 saturated heterocycles. The highest BCUT2D eigenvalue weighted by Crippen LogP contribution is 2.18. The number of carbonyl (C=O) groups excluding carboxylic acids is 2. The molecule has 28 heavy (non-hydrogen) atoms. The van der Waals surface area contributed by atoms with Crippen molar-refractivity contribution in [2.75, 3.05) is 12.8 Å². The molecular weight excluding hydrogens is 375 g/mol. The van der Waals surface area contributed by atoms with Crippen LogP contribution in [0.5, 0.6) is 0 Å². The maximum Gasteiger partial charge on any atom is 0.242 e. The van der Waals surface area contributed by atoms with Gasteiger partial charge in [-0.05, 0) is 36.6 Å². The lowest BCUT2D eigenvalue weighted by Gasteiger charge is -2.30. The van der Waals surface area contributed by atoms with Crippen LogP contribution in [0.3, 0.4) is 0 Å². The molecule has 2 amide bonds. The molecule has 2 aromatic carbocycles.